The van der Waals surface area contributed by atoms with E-state index < -0.39 is 65.4 Å². The maximum Gasteiger partial charge on any atom is 0.163 e. The lowest BCUT2D eigenvalue weighted by atomic mass is 9.68. The molecule has 0 amide bonds. The summed E-state index contributed by atoms with van der Waals surface area (Å²) in [6.07, 6.45) is 10.3. The van der Waals surface area contributed by atoms with Gasteiger partial charge in [0, 0.05) is 35.1 Å². The van der Waals surface area contributed by atoms with Crippen LogP contribution in [0.1, 0.15) is 48.2 Å². The Morgan fingerprint density at radius 3 is 1.27 bits per heavy atom. The average Bonchev–Trinajstić information content (AvgIpc) is 3.94. The van der Waals surface area contributed by atoms with E-state index in [0.29, 0.717) is 22.1 Å². The molecule has 4 aromatic heterocycles. The van der Waals surface area contributed by atoms with E-state index in [9.17, 15) is 27.8 Å². The molecule has 25 heteroatoms. The van der Waals surface area contributed by atoms with Crippen LogP contribution in [-0.2, 0) is 28.5 Å². The van der Waals surface area contributed by atoms with Crippen molar-refractivity contribution in [3.8, 4) is 0 Å². The van der Waals surface area contributed by atoms with Crippen LogP contribution < -0.4 is 9.79 Å². The summed E-state index contributed by atoms with van der Waals surface area (Å²) >= 11 is 0. The van der Waals surface area contributed by atoms with Crippen LogP contribution in [0.3, 0.4) is 0 Å². The van der Waals surface area contributed by atoms with Gasteiger partial charge >= 0.3 is 0 Å². The summed E-state index contributed by atoms with van der Waals surface area (Å²) in [4.78, 5) is 47.9. The SMILES string of the molecule is C[C@H](c1ncncc1F)[C@](Cn1cncn1)(C[N+](C)(C)CCO)c1ccc(F)cc1F.C[C@H](c1ncncc1F)[C@](Cn1cncn1)(C[N+](C)(C)CCO)c1ccc(F)cc1F.O=P([O-])([O-])O. The number of aliphatic hydroxyl groups excluding tert-OH is 2. The van der Waals surface area contributed by atoms with Crippen molar-refractivity contribution in [3.05, 3.63) is 144 Å². The van der Waals surface area contributed by atoms with E-state index >= 15 is 8.78 Å². The largest absolute Gasteiger partial charge is 0.790 e. The molecule has 0 saturated heterocycles. The molecular formula is C42H53F6N12O6P. The zero-order valence-corrected chi connectivity index (χ0v) is 38.4. The fraction of sp³-hybridized carbons (Fsp3) is 0.429. The summed E-state index contributed by atoms with van der Waals surface area (Å²) in [6.45, 7) is 4.90. The molecule has 3 N–H and O–H groups in total. The van der Waals surface area contributed by atoms with Crippen LogP contribution >= 0.6 is 7.82 Å². The Morgan fingerprint density at radius 2 is 0.985 bits per heavy atom. The Morgan fingerprint density at radius 1 is 0.627 bits per heavy atom. The van der Waals surface area contributed by atoms with Crippen LogP contribution in [0, 0.1) is 34.9 Å². The Balaban J connectivity index is 0.000000266. The van der Waals surface area contributed by atoms with Crippen molar-refractivity contribution in [2.24, 2.45) is 0 Å². The van der Waals surface area contributed by atoms with E-state index in [1.807, 2.05) is 28.2 Å². The van der Waals surface area contributed by atoms with Gasteiger partial charge in [-0.15, -0.1) is 0 Å². The molecule has 0 spiro atoms. The molecule has 0 unspecified atom stereocenters. The van der Waals surface area contributed by atoms with Crippen molar-refractivity contribution in [2.75, 3.05) is 67.6 Å². The van der Waals surface area contributed by atoms with Gasteiger partial charge in [-0.2, -0.15) is 10.2 Å². The number of aliphatic hydroxyl groups is 2. The van der Waals surface area contributed by atoms with E-state index in [1.54, 1.807) is 13.8 Å². The van der Waals surface area contributed by atoms with Gasteiger partial charge < -0.3 is 38.4 Å². The summed E-state index contributed by atoms with van der Waals surface area (Å²) in [7, 11) is 2.40. The van der Waals surface area contributed by atoms with Gasteiger partial charge in [0.1, 0.15) is 74.3 Å². The lowest BCUT2D eigenvalue weighted by molar-refractivity contribution is -0.895. The number of halogens is 6. The summed E-state index contributed by atoms with van der Waals surface area (Å²) < 4.78 is 99.9. The van der Waals surface area contributed by atoms with Crippen molar-refractivity contribution in [1.82, 2.24) is 49.5 Å². The van der Waals surface area contributed by atoms with Gasteiger partial charge in [-0.1, -0.05) is 26.0 Å². The van der Waals surface area contributed by atoms with E-state index in [0.717, 1.165) is 24.5 Å². The Hall–Kier alpha value is -5.59. The molecule has 0 saturated carbocycles. The third-order valence-electron chi connectivity index (χ3n) is 11.5. The Kier molecular flexibility index (Phi) is 18.5. The topological polar surface area (TPSA) is 237 Å². The summed E-state index contributed by atoms with van der Waals surface area (Å²) in [6, 6.07) is 6.78. The molecule has 0 fully saturated rings. The van der Waals surface area contributed by atoms with Crippen molar-refractivity contribution < 1.29 is 64.8 Å². The highest BCUT2D eigenvalue weighted by molar-refractivity contribution is 7.42. The molecule has 4 atom stereocenters. The molecule has 0 aliphatic rings. The summed E-state index contributed by atoms with van der Waals surface area (Å²) in [5.74, 6) is -5.45. The smallest absolute Gasteiger partial charge is 0.163 e. The predicted molar refractivity (Wildman–Crippen MR) is 225 cm³/mol. The van der Waals surface area contributed by atoms with Crippen LogP contribution in [0.4, 0.5) is 26.3 Å². The molecule has 0 radical (unpaired) electrons. The van der Waals surface area contributed by atoms with Crippen molar-refractivity contribution in [2.45, 2.75) is 49.6 Å². The summed E-state index contributed by atoms with van der Waals surface area (Å²) in [5.41, 5.74) is -1.58. The second kappa shape index (κ2) is 22.9. The Bertz CT molecular complexity index is 2370. The molecule has 364 valence electrons. The molecule has 0 aliphatic carbocycles. The first-order valence-corrected chi connectivity index (χ1v) is 21.9. The highest BCUT2D eigenvalue weighted by Crippen LogP contribution is 2.45. The average molecular weight is 967 g/mol. The van der Waals surface area contributed by atoms with Gasteiger partial charge in [0.15, 0.2) is 11.6 Å². The number of benzene rings is 2. The molecule has 2 aromatic carbocycles. The van der Waals surface area contributed by atoms with Crippen molar-refractivity contribution in [1.29, 1.82) is 0 Å². The summed E-state index contributed by atoms with van der Waals surface area (Å²) in [5, 5.41) is 27.5. The number of hydrogen-bond donors (Lipinski definition) is 3. The van der Waals surface area contributed by atoms with Crippen LogP contribution in [-0.4, -0.2) is 141 Å². The zero-order valence-electron chi connectivity index (χ0n) is 37.5. The standard InChI is InChI=1S/2C21H26F3N6O.H3O4P/c2*1-15(20-19(24)9-25-12-27-20)21(10-29-14-26-13-28-29,11-30(2,3)6-7-31)17-5-4-16(22)8-18(17)23;1-5(2,3)4/h2*4-5,8-9,12-15,31H,6-7,10-11H2,1-3H3;(H3,1,2,3,4)/q2*+1;/p-2/t2*15-,21+;/m11./s1. The maximum absolute atomic E-state index is 15.2. The molecule has 67 heavy (non-hydrogen) atoms. The first-order chi connectivity index (χ1) is 31.4. The highest BCUT2D eigenvalue weighted by atomic mass is 31.2. The fourth-order valence-corrected chi connectivity index (χ4v) is 8.48. The van der Waals surface area contributed by atoms with Gasteiger partial charge in [-0.3, -0.25) is 9.36 Å². The minimum absolute atomic E-state index is 0.0887. The minimum Gasteiger partial charge on any atom is -0.790 e. The highest BCUT2D eigenvalue weighted by Gasteiger charge is 2.49. The molecule has 0 bridgehead atoms. The van der Waals surface area contributed by atoms with Crippen LogP contribution in [0.5, 0.6) is 0 Å². The van der Waals surface area contributed by atoms with E-state index in [-0.39, 0.29) is 61.9 Å². The quantitative estimate of drug-likeness (QED) is 0.0638. The molecule has 0 aliphatic heterocycles. The second-order valence-corrected chi connectivity index (χ2v) is 18.2. The first-order valence-electron chi connectivity index (χ1n) is 20.4. The Labute approximate surface area is 382 Å². The van der Waals surface area contributed by atoms with Crippen molar-refractivity contribution in [3.63, 3.8) is 0 Å². The minimum atomic E-state index is -5.14. The number of aromatic nitrogens is 10. The lowest BCUT2D eigenvalue weighted by Gasteiger charge is -2.44. The zero-order chi connectivity index (χ0) is 49.8. The predicted octanol–water partition coefficient (Wildman–Crippen LogP) is 2.40. The monoisotopic (exact) mass is 966 g/mol. The van der Waals surface area contributed by atoms with E-state index in [1.165, 1.54) is 71.6 Å². The van der Waals surface area contributed by atoms with Gasteiger partial charge in [-0.05, 0) is 12.1 Å². The molecule has 4 heterocycles. The van der Waals surface area contributed by atoms with Gasteiger partial charge in [0.25, 0.3) is 0 Å². The van der Waals surface area contributed by atoms with E-state index in [2.05, 4.69) is 40.1 Å². The molecule has 6 rings (SSSR count). The second-order valence-electron chi connectivity index (χ2n) is 17.3. The van der Waals surface area contributed by atoms with Gasteiger partial charge in [-0.25, -0.2) is 56.2 Å². The van der Waals surface area contributed by atoms with Crippen LogP contribution in [0.15, 0.2) is 86.8 Å². The third-order valence-corrected chi connectivity index (χ3v) is 11.5. The lowest BCUT2D eigenvalue weighted by Crippen LogP contribution is -2.55. The fourth-order valence-electron chi connectivity index (χ4n) is 8.48. The number of nitrogens with zero attached hydrogens (tertiary/aromatic N) is 12. The van der Waals surface area contributed by atoms with Gasteiger partial charge in [0.05, 0.1) is 110 Å². The first kappa shape index (κ1) is 54.0. The van der Waals surface area contributed by atoms with E-state index in [4.69, 9.17) is 19.2 Å². The molecule has 6 aromatic rings. The number of quaternary nitrogens is 2. The maximum atomic E-state index is 15.2. The number of likely N-dealkylation sites (N-methyl/N-ethyl adjacent to an activating group) is 2. The molecule has 18 nitrogen and oxygen atoms in total. The van der Waals surface area contributed by atoms with Crippen LogP contribution in [0.25, 0.3) is 0 Å². The third kappa shape index (κ3) is 14.7. The normalized spacial score (nSPS) is 14.7. The van der Waals surface area contributed by atoms with Crippen LogP contribution in [0.2, 0.25) is 0 Å². The number of phosphoric acid groups is 1. The van der Waals surface area contributed by atoms with Gasteiger partial charge in [0.2, 0.25) is 0 Å². The number of rotatable bonds is 18. The number of hydrogen-bond acceptors (Lipinski definition) is 13. The van der Waals surface area contributed by atoms with Crippen molar-refractivity contribution >= 4 is 7.82 Å². The molecular weight excluding hydrogens is 914 g/mol.